The van der Waals surface area contributed by atoms with Crippen LogP contribution in [0.2, 0.25) is 5.02 Å². The number of ether oxygens (including phenoxy) is 1. The molecule has 0 bridgehead atoms. The van der Waals surface area contributed by atoms with Gasteiger partial charge in [0, 0.05) is 36.0 Å². The summed E-state index contributed by atoms with van der Waals surface area (Å²) >= 11 is 5.92. The van der Waals surface area contributed by atoms with Crippen LogP contribution in [0.1, 0.15) is 6.42 Å². The van der Waals surface area contributed by atoms with Crippen molar-refractivity contribution in [3.05, 3.63) is 23.2 Å². The SMILES string of the molecule is COCCCS(=O)CC(=O)Nc1cc(N)ccc1Cl. The number of methoxy groups -OCH3 is 1. The molecule has 0 aliphatic rings. The summed E-state index contributed by atoms with van der Waals surface area (Å²) in [7, 11) is 0.377. The Morgan fingerprint density at radius 1 is 1.53 bits per heavy atom. The average Bonchev–Trinajstić information content (AvgIpc) is 2.34. The Balaban J connectivity index is 2.46. The van der Waals surface area contributed by atoms with Crippen LogP contribution in [0.4, 0.5) is 11.4 Å². The number of rotatable bonds is 7. The maximum Gasteiger partial charge on any atom is 0.237 e. The predicted octanol–water partition coefficient (Wildman–Crippen LogP) is 1.65. The first-order valence-electron chi connectivity index (χ1n) is 5.71. The first kappa shape index (κ1) is 15.9. The first-order chi connectivity index (χ1) is 9.02. The topological polar surface area (TPSA) is 81.4 Å². The van der Waals surface area contributed by atoms with Crippen LogP contribution >= 0.6 is 11.6 Å². The molecule has 19 heavy (non-hydrogen) atoms. The standard InChI is InChI=1S/C12H17ClN2O3S/c1-18-5-2-6-19(17)8-12(16)15-11-7-9(14)3-4-10(11)13/h3-4,7H,2,5-6,8,14H2,1H3,(H,15,16). The number of nitrogens with one attached hydrogen (secondary N) is 1. The van der Waals surface area contributed by atoms with Crippen molar-refractivity contribution in [3.63, 3.8) is 0 Å². The quantitative estimate of drug-likeness (QED) is 0.593. The third-order valence-electron chi connectivity index (χ3n) is 2.28. The summed E-state index contributed by atoms with van der Waals surface area (Å²) in [6.07, 6.45) is 0.662. The summed E-state index contributed by atoms with van der Waals surface area (Å²) in [6, 6.07) is 4.80. The van der Waals surface area contributed by atoms with Crippen molar-refractivity contribution in [2.45, 2.75) is 6.42 Å². The van der Waals surface area contributed by atoms with E-state index in [1.54, 1.807) is 25.3 Å². The van der Waals surface area contributed by atoms with Gasteiger partial charge in [-0.2, -0.15) is 0 Å². The second-order valence-electron chi connectivity index (χ2n) is 3.92. The van der Waals surface area contributed by atoms with E-state index >= 15 is 0 Å². The van der Waals surface area contributed by atoms with Gasteiger partial charge in [0.1, 0.15) is 5.75 Å². The largest absolute Gasteiger partial charge is 0.399 e. The number of anilines is 2. The highest BCUT2D eigenvalue weighted by Gasteiger charge is 2.10. The van der Waals surface area contributed by atoms with Gasteiger partial charge in [-0.05, 0) is 24.6 Å². The lowest BCUT2D eigenvalue weighted by molar-refractivity contribution is -0.113. The number of amides is 1. The predicted molar refractivity (Wildman–Crippen MR) is 78.9 cm³/mol. The van der Waals surface area contributed by atoms with Gasteiger partial charge in [0.05, 0.1) is 10.7 Å². The molecular weight excluding hydrogens is 288 g/mol. The molecule has 1 amide bonds. The highest BCUT2D eigenvalue weighted by atomic mass is 35.5. The van der Waals surface area contributed by atoms with E-state index in [4.69, 9.17) is 22.1 Å². The van der Waals surface area contributed by atoms with Gasteiger partial charge in [-0.25, -0.2) is 0 Å². The van der Waals surface area contributed by atoms with Crippen molar-refractivity contribution in [1.82, 2.24) is 0 Å². The van der Waals surface area contributed by atoms with Gasteiger partial charge in [-0.1, -0.05) is 11.6 Å². The van der Waals surface area contributed by atoms with Gasteiger partial charge in [-0.3, -0.25) is 9.00 Å². The van der Waals surface area contributed by atoms with Crippen LogP contribution in [0.3, 0.4) is 0 Å². The number of benzene rings is 1. The van der Waals surface area contributed by atoms with Crippen molar-refractivity contribution < 1.29 is 13.7 Å². The zero-order valence-electron chi connectivity index (χ0n) is 10.6. The molecule has 0 heterocycles. The molecule has 0 aromatic heterocycles. The Hall–Kier alpha value is -1.11. The molecule has 0 radical (unpaired) electrons. The van der Waals surface area contributed by atoms with E-state index in [1.165, 1.54) is 0 Å². The molecule has 106 valence electrons. The Bertz CT molecular complexity index is 468. The molecule has 7 heteroatoms. The fourth-order valence-corrected chi connectivity index (χ4v) is 2.52. The van der Waals surface area contributed by atoms with E-state index < -0.39 is 10.8 Å². The molecule has 0 aliphatic carbocycles. The van der Waals surface area contributed by atoms with E-state index in [0.717, 1.165) is 0 Å². The maximum atomic E-state index is 11.7. The second kappa shape index (κ2) is 8.14. The summed E-state index contributed by atoms with van der Waals surface area (Å²) in [4.78, 5) is 11.7. The Morgan fingerprint density at radius 2 is 2.26 bits per heavy atom. The van der Waals surface area contributed by atoms with Crippen LogP contribution in [0.15, 0.2) is 18.2 Å². The Morgan fingerprint density at radius 3 is 2.95 bits per heavy atom. The lowest BCUT2D eigenvalue weighted by Crippen LogP contribution is -2.21. The summed E-state index contributed by atoms with van der Waals surface area (Å²) < 4.78 is 16.5. The Kier molecular flexibility index (Phi) is 6.83. The highest BCUT2D eigenvalue weighted by Crippen LogP contribution is 2.23. The van der Waals surface area contributed by atoms with E-state index in [1.807, 2.05) is 0 Å². The average molecular weight is 305 g/mol. The molecule has 0 fully saturated rings. The van der Waals surface area contributed by atoms with Crippen molar-refractivity contribution in [2.75, 3.05) is 36.3 Å². The van der Waals surface area contributed by atoms with Crippen molar-refractivity contribution >= 4 is 39.7 Å². The molecule has 1 aromatic rings. The number of carbonyl (C=O) groups is 1. The van der Waals surface area contributed by atoms with Crippen LogP contribution in [0.5, 0.6) is 0 Å². The minimum absolute atomic E-state index is 0.0607. The van der Waals surface area contributed by atoms with E-state index in [9.17, 15) is 9.00 Å². The first-order valence-corrected chi connectivity index (χ1v) is 7.58. The van der Waals surface area contributed by atoms with Crippen molar-refractivity contribution in [3.8, 4) is 0 Å². The molecular formula is C12H17ClN2O3S. The smallest absolute Gasteiger partial charge is 0.237 e. The van der Waals surface area contributed by atoms with Gasteiger partial charge in [0.15, 0.2) is 0 Å². The third-order valence-corrected chi connectivity index (χ3v) is 3.93. The number of nitrogens with two attached hydrogens (primary N) is 1. The number of nitrogen functional groups attached to an aromatic ring is 1. The van der Waals surface area contributed by atoms with Crippen LogP contribution in [0.25, 0.3) is 0 Å². The molecule has 5 nitrogen and oxygen atoms in total. The second-order valence-corrected chi connectivity index (χ2v) is 5.91. The highest BCUT2D eigenvalue weighted by molar-refractivity contribution is 7.85. The van der Waals surface area contributed by atoms with Gasteiger partial charge >= 0.3 is 0 Å². The zero-order chi connectivity index (χ0) is 14.3. The number of carbonyl (C=O) groups excluding carboxylic acids is 1. The van der Waals surface area contributed by atoms with E-state index in [2.05, 4.69) is 5.32 Å². The van der Waals surface area contributed by atoms with Crippen molar-refractivity contribution in [1.29, 1.82) is 0 Å². The zero-order valence-corrected chi connectivity index (χ0v) is 12.2. The minimum Gasteiger partial charge on any atom is -0.399 e. The molecule has 0 saturated heterocycles. The van der Waals surface area contributed by atoms with E-state index in [0.29, 0.717) is 35.2 Å². The fraction of sp³-hybridized carbons (Fsp3) is 0.417. The summed E-state index contributed by atoms with van der Waals surface area (Å²) in [6.45, 7) is 0.536. The summed E-state index contributed by atoms with van der Waals surface area (Å²) in [5.74, 6) is 0.0315. The summed E-state index contributed by atoms with van der Waals surface area (Å²) in [5.41, 5.74) is 6.53. The molecule has 3 N–H and O–H groups in total. The fourth-order valence-electron chi connectivity index (χ4n) is 1.41. The summed E-state index contributed by atoms with van der Waals surface area (Å²) in [5, 5.41) is 2.99. The van der Waals surface area contributed by atoms with Crippen LogP contribution in [0, 0.1) is 0 Å². The molecule has 0 aliphatic heterocycles. The lowest BCUT2D eigenvalue weighted by Gasteiger charge is -2.08. The third kappa shape index (κ3) is 6.04. The Labute approximate surface area is 119 Å². The van der Waals surface area contributed by atoms with Gasteiger partial charge < -0.3 is 15.8 Å². The molecule has 1 unspecified atom stereocenters. The number of hydrogen-bond acceptors (Lipinski definition) is 4. The normalized spacial score (nSPS) is 12.1. The molecule has 0 saturated carbocycles. The molecule has 1 aromatic carbocycles. The van der Waals surface area contributed by atoms with E-state index in [-0.39, 0.29) is 11.7 Å². The maximum absolute atomic E-state index is 11.7. The number of halogens is 1. The van der Waals surface area contributed by atoms with Gasteiger partial charge in [-0.15, -0.1) is 0 Å². The van der Waals surface area contributed by atoms with Gasteiger partial charge in [0.2, 0.25) is 5.91 Å². The number of hydrogen-bond donors (Lipinski definition) is 2. The van der Waals surface area contributed by atoms with Gasteiger partial charge in [0.25, 0.3) is 0 Å². The van der Waals surface area contributed by atoms with Crippen LogP contribution < -0.4 is 11.1 Å². The van der Waals surface area contributed by atoms with Crippen LogP contribution in [-0.4, -0.2) is 35.3 Å². The monoisotopic (exact) mass is 304 g/mol. The molecule has 0 spiro atoms. The minimum atomic E-state index is -1.20. The lowest BCUT2D eigenvalue weighted by atomic mass is 10.3. The van der Waals surface area contributed by atoms with Crippen LogP contribution in [-0.2, 0) is 20.3 Å². The van der Waals surface area contributed by atoms with Crippen molar-refractivity contribution in [2.24, 2.45) is 0 Å². The molecule has 1 rings (SSSR count). The molecule has 1 atom stereocenters.